The van der Waals surface area contributed by atoms with Crippen molar-refractivity contribution in [2.24, 2.45) is 0 Å². The number of pyridine rings is 1. The summed E-state index contributed by atoms with van der Waals surface area (Å²) in [5.41, 5.74) is 2.23. The minimum Gasteiger partial charge on any atom is -0.456 e. The number of benzene rings is 1. The van der Waals surface area contributed by atoms with Crippen molar-refractivity contribution >= 4 is 34.6 Å². The molecule has 0 fully saturated rings. The Labute approximate surface area is 137 Å². The van der Waals surface area contributed by atoms with E-state index in [1.807, 2.05) is 53.9 Å². The van der Waals surface area contributed by atoms with Gasteiger partial charge in [-0.15, -0.1) is 11.3 Å². The van der Waals surface area contributed by atoms with Gasteiger partial charge in [-0.2, -0.15) is 0 Å². The van der Waals surface area contributed by atoms with Gasteiger partial charge in [0.25, 0.3) is 5.91 Å². The largest absolute Gasteiger partial charge is 0.456 e. The highest BCUT2D eigenvalue weighted by atomic mass is 32.1. The quantitative estimate of drug-likeness (QED) is 0.726. The maximum Gasteiger partial charge on any atom is 0.256 e. The Bertz CT molecular complexity index is 900. The molecule has 4 rings (SSSR count). The fraction of sp³-hybridized carbons (Fsp3) is 0. The maximum absolute atomic E-state index is 12.2. The van der Waals surface area contributed by atoms with Gasteiger partial charge in [-0.25, -0.2) is 0 Å². The molecule has 0 aliphatic carbocycles. The first-order chi connectivity index (χ1) is 11.3. The number of carbonyl (C=O) groups is 1. The maximum atomic E-state index is 12.2. The van der Waals surface area contributed by atoms with E-state index in [4.69, 9.17) is 4.74 Å². The fourth-order valence-corrected chi connectivity index (χ4v) is 3.18. The van der Waals surface area contributed by atoms with Gasteiger partial charge in [0.15, 0.2) is 0 Å². The molecule has 1 aliphatic rings. The number of nitrogens with one attached hydrogen (secondary N) is 1. The summed E-state index contributed by atoms with van der Waals surface area (Å²) in [7, 11) is 0. The second kappa shape index (κ2) is 5.70. The van der Waals surface area contributed by atoms with Crippen LogP contribution in [0.1, 0.15) is 10.4 Å². The molecule has 0 saturated carbocycles. The van der Waals surface area contributed by atoms with Crippen LogP contribution in [-0.4, -0.2) is 10.9 Å². The molecule has 0 radical (unpaired) electrons. The summed E-state index contributed by atoms with van der Waals surface area (Å²) in [6, 6.07) is 13.3. The van der Waals surface area contributed by atoms with Crippen LogP contribution in [-0.2, 0) is 4.79 Å². The topological polar surface area (TPSA) is 51.2 Å². The van der Waals surface area contributed by atoms with Crippen LogP contribution in [0.2, 0.25) is 0 Å². The molecular formula is C18H12N2O2S. The zero-order valence-electron chi connectivity index (χ0n) is 12.0. The van der Waals surface area contributed by atoms with E-state index in [1.165, 1.54) is 11.3 Å². The molecule has 1 amide bonds. The van der Waals surface area contributed by atoms with Gasteiger partial charge >= 0.3 is 0 Å². The molecule has 2 aromatic heterocycles. The Kier molecular flexibility index (Phi) is 3.40. The zero-order chi connectivity index (χ0) is 15.6. The lowest BCUT2D eigenvalue weighted by Gasteiger charge is -2.05. The molecule has 4 nitrogen and oxygen atoms in total. The number of hydrogen-bond acceptors (Lipinski definition) is 4. The molecule has 5 heteroatoms. The number of thiophene rings is 1. The summed E-state index contributed by atoms with van der Waals surface area (Å²) in [4.78, 5) is 17.1. The Balaban J connectivity index is 1.70. The summed E-state index contributed by atoms with van der Waals surface area (Å²) >= 11 is 1.54. The first-order valence-corrected chi connectivity index (χ1v) is 7.97. The third-order valence-corrected chi connectivity index (χ3v) is 4.35. The van der Waals surface area contributed by atoms with E-state index in [9.17, 15) is 4.79 Å². The zero-order valence-corrected chi connectivity index (χ0v) is 12.8. The van der Waals surface area contributed by atoms with Crippen molar-refractivity contribution in [3.63, 3.8) is 0 Å². The minimum atomic E-state index is -0.118. The predicted octanol–water partition coefficient (Wildman–Crippen LogP) is 4.43. The molecule has 0 spiro atoms. The number of hydrogen-bond donors (Lipinski definition) is 1. The molecule has 3 aromatic rings. The number of amides is 1. The molecule has 0 unspecified atom stereocenters. The van der Waals surface area contributed by atoms with Gasteiger partial charge in [-0.3, -0.25) is 9.78 Å². The Morgan fingerprint density at radius 3 is 2.87 bits per heavy atom. The van der Waals surface area contributed by atoms with Crippen molar-refractivity contribution in [1.82, 2.24) is 4.98 Å². The van der Waals surface area contributed by atoms with Crippen LogP contribution in [0.5, 0.6) is 11.5 Å². The molecule has 0 atom stereocenters. The van der Waals surface area contributed by atoms with E-state index in [2.05, 4.69) is 10.3 Å². The van der Waals surface area contributed by atoms with E-state index >= 15 is 0 Å². The van der Waals surface area contributed by atoms with Crippen LogP contribution in [0.4, 0.5) is 5.69 Å². The highest BCUT2D eigenvalue weighted by Crippen LogP contribution is 2.37. The minimum absolute atomic E-state index is 0.118. The molecule has 23 heavy (non-hydrogen) atoms. The van der Waals surface area contributed by atoms with Crippen LogP contribution in [0.3, 0.4) is 0 Å². The summed E-state index contributed by atoms with van der Waals surface area (Å²) < 4.78 is 5.90. The second-order valence-electron chi connectivity index (χ2n) is 5.00. The SMILES string of the molecule is O=C1Nc2cnccc2C1=Cc1sccc1Oc1ccccc1. The van der Waals surface area contributed by atoms with Crippen molar-refractivity contribution < 1.29 is 9.53 Å². The third-order valence-electron chi connectivity index (χ3n) is 3.51. The van der Waals surface area contributed by atoms with E-state index < -0.39 is 0 Å². The van der Waals surface area contributed by atoms with E-state index in [0.29, 0.717) is 5.57 Å². The standard InChI is InChI=1S/C18H12N2O2S/c21-18-14(13-6-8-19-11-15(13)20-18)10-17-16(7-9-23-17)22-12-4-2-1-3-5-12/h1-11H,(H,20,21). The lowest BCUT2D eigenvalue weighted by molar-refractivity contribution is -0.110. The normalized spacial score (nSPS) is 14.6. The van der Waals surface area contributed by atoms with Crippen LogP contribution in [0, 0.1) is 0 Å². The molecule has 1 N–H and O–H groups in total. The van der Waals surface area contributed by atoms with E-state index in [-0.39, 0.29) is 5.91 Å². The van der Waals surface area contributed by atoms with Crippen molar-refractivity contribution in [2.75, 3.05) is 5.32 Å². The highest BCUT2D eigenvalue weighted by Gasteiger charge is 2.24. The monoisotopic (exact) mass is 320 g/mol. The van der Waals surface area contributed by atoms with Crippen LogP contribution in [0.15, 0.2) is 60.2 Å². The Morgan fingerprint density at radius 1 is 1.13 bits per heavy atom. The van der Waals surface area contributed by atoms with Crippen molar-refractivity contribution in [3.8, 4) is 11.5 Å². The molecule has 0 bridgehead atoms. The Morgan fingerprint density at radius 2 is 2.00 bits per heavy atom. The number of carbonyl (C=O) groups excluding carboxylic acids is 1. The van der Waals surface area contributed by atoms with Gasteiger partial charge in [-0.05, 0) is 35.7 Å². The van der Waals surface area contributed by atoms with Crippen LogP contribution >= 0.6 is 11.3 Å². The van der Waals surface area contributed by atoms with Gasteiger partial charge in [-0.1, -0.05) is 18.2 Å². The van der Waals surface area contributed by atoms with Crippen LogP contribution < -0.4 is 10.1 Å². The van der Waals surface area contributed by atoms with E-state index in [0.717, 1.165) is 27.6 Å². The smallest absolute Gasteiger partial charge is 0.256 e. The highest BCUT2D eigenvalue weighted by molar-refractivity contribution is 7.11. The fourth-order valence-electron chi connectivity index (χ4n) is 2.43. The van der Waals surface area contributed by atoms with E-state index in [1.54, 1.807) is 12.4 Å². The Hall–Kier alpha value is -2.92. The van der Waals surface area contributed by atoms with Gasteiger partial charge in [0.1, 0.15) is 11.5 Å². The average Bonchev–Trinajstić information content (AvgIpc) is 3.14. The number of anilines is 1. The van der Waals surface area contributed by atoms with Crippen molar-refractivity contribution in [2.45, 2.75) is 0 Å². The van der Waals surface area contributed by atoms with Crippen molar-refractivity contribution in [1.29, 1.82) is 0 Å². The number of nitrogens with zero attached hydrogens (tertiary/aromatic N) is 1. The van der Waals surface area contributed by atoms with Gasteiger partial charge in [0.05, 0.1) is 22.3 Å². The summed E-state index contributed by atoms with van der Waals surface area (Å²) in [5, 5.41) is 4.77. The average molecular weight is 320 g/mol. The number of ether oxygens (including phenoxy) is 1. The first kappa shape index (κ1) is 13.7. The van der Waals surface area contributed by atoms with Gasteiger partial charge < -0.3 is 10.1 Å². The molecule has 112 valence electrons. The summed E-state index contributed by atoms with van der Waals surface area (Å²) in [6.45, 7) is 0. The number of aromatic nitrogens is 1. The molecule has 1 aliphatic heterocycles. The molecule has 0 saturated heterocycles. The van der Waals surface area contributed by atoms with Crippen molar-refractivity contribution in [3.05, 3.63) is 70.7 Å². The van der Waals surface area contributed by atoms with Gasteiger partial charge in [0.2, 0.25) is 0 Å². The summed E-state index contributed by atoms with van der Waals surface area (Å²) in [5.74, 6) is 1.39. The number of rotatable bonds is 3. The number of para-hydroxylation sites is 1. The molecule has 3 heterocycles. The molecule has 1 aromatic carbocycles. The predicted molar refractivity (Wildman–Crippen MR) is 91.6 cm³/mol. The second-order valence-corrected chi connectivity index (χ2v) is 5.95. The van der Waals surface area contributed by atoms with Gasteiger partial charge in [0, 0.05) is 11.8 Å². The number of fused-ring (bicyclic) bond motifs is 1. The first-order valence-electron chi connectivity index (χ1n) is 7.09. The molecular weight excluding hydrogens is 308 g/mol. The van der Waals surface area contributed by atoms with Crippen LogP contribution in [0.25, 0.3) is 11.6 Å². The lowest BCUT2D eigenvalue weighted by atomic mass is 10.1. The summed E-state index contributed by atoms with van der Waals surface area (Å²) in [6.07, 6.45) is 5.21. The third kappa shape index (κ3) is 2.62. The lowest BCUT2D eigenvalue weighted by Crippen LogP contribution is -2.03.